The zero-order valence-corrected chi connectivity index (χ0v) is 8.72. The van der Waals surface area contributed by atoms with Crippen LogP contribution in [-0.4, -0.2) is 26.8 Å². The van der Waals surface area contributed by atoms with Gasteiger partial charge in [0, 0.05) is 20.1 Å². The number of rotatable bonds is 6. The molecule has 2 heteroatoms. The van der Waals surface area contributed by atoms with Crippen molar-refractivity contribution in [3.63, 3.8) is 0 Å². The van der Waals surface area contributed by atoms with Crippen molar-refractivity contribution in [3.8, 4) is 0 Å². The van der Waals surface area contributed by atoms with Crippen molar-refractivity contribution in [2.24, 2.45) is 5.92 Å². The third-order valence-electron chi connectivity index (χ3n) is 2.73. The molecule has 1 saturated carbocycles. The Labute approximate surface area is 82.0 Å². The highest BCUT2D eigenvalue weighted by molar-refractivity contribution is 4.71. The number of hydrogen-bond acceptors (Lipinski definition) is 2. The van der Waals surface area contributed by atoms with Crippen molar-refractivity contribution in [1.82, 2.24) is 5.32 Å². The number of nitrogens with one attached hydrogen (secondary N) is 1. The molecule has 0 atom stereocenters. The van der Waals surface area contributed by atoms with Gasteiger partial charge in [0.1, 0.15) is 0 Å². The summed E-state index contributed by atoms with van der Waals surface area (Å²) in [7, 11) is 1.73. The molecule has 0 unspecified atom stereocenters. The van der Waals surface area contributed by atoms with Crippen LogP contribution < -0.4 is 5.32 Å². The summed E-state index contributed by atoms with van der Waals surface area (Å²) in [6, 6.07) is 0. The van der Waals surface area contributed by atoms with Crippen molar-refractivity contribution in [3.05, 3.63) is 6.42 Å². The first-order chi connectivity index (χ1) is 6.43. The normalized spacial score (nSPS) is 19.2. The molecule has 1 aliphatic rings. The first kappa shape index (κ1) is 11.0. The van der Waals surface area contributed by atoms with Crippen LogP contribution >= 0.6 is 0 Å². The zero-order valence-electron chi connectivity index (χ0n) is 8.72. The van der Waals surface area contributed by atoms with Crippen LogP contribution in [0.15, 0.2) is 0 Å². The highest BCUT2D eigenvalue weighted by atomic mass is 16.5. The van der Waals surface area contributed by atoms with Crippen LogP contribution in [0.1, 0.15) is 32.1 Å². The second-order valence-corrected chi connectivity index (χ2v) is 3.91. The van der Waals surface area contributed by atoms with Gasteiger partial charge < -0.3 is 10.1 Å². The number of ether oxygens (including phenoxy) is 1. The van der Waals surface area contributed by atoms with Gasteiger partial charge in [0.25, 0.3) is 0 Å². The third-order valence-corrected chi connectivity index (χ3v) is 2.73. The summed E-state index contributed by atoms with van der Waals surface area (Å²) in [6.07, 6.45) is 9.33. The zero-order chi connectivity index (χ0) is 9.36. The quantitative estimate of drug-likeness (QED) is 0.638. The summed E-state index contributed by atoms with van der Waals surface area (Å²) in [6.45, 7) is 2.95. The van der Waals surface area contributed by atoms with Gasteiger partial charge in [0.2, 0.25) is 0 Å². The van der Waals surface area contributed by atoms with E-state index in [-0.39, 0.29) is 0 Å². The number of hydrogen-bond donors (Lipinski definition) is 1. The van der Waals surface area contributed by atoms with E-state index in [4.69, 9.17) is 4.74 Å². The van der Waals surface area contributed by atoms with E-state index in [1.165, 1.54) is 38.6 Å². The minimum Gasteiger partial charge on any atom is -0.384 e. The molecule has 0 aromatic heterocycles. The maximum Gasteiger partial charge on any atom is 0.0506 e. The Bertz CT molecular complexity index is 111. The molecule has 1 fully saturated rings. The Kier molecular flexibility index (Phi) is 6.21. The molecule has 77 valence electrons. The molecule has 13 heavy (non-hydrogen) atoms. The Morgan fingerprint density at radius 1 is 1.31 bits per heavy atom. The molecule has 0 aliphatic heterocycles. The second-order valence-electron chi connectivity index (χ2n) is 3.91. The summed E-state index contributed by atoms with van der Waals surface area (Å²) < 4.78 is 4.94. The fourth-order valence-electron chi connectivity index (χ4n) is 1.96. The first-order valence-electron chi connectivity index (χ1n) is 5.45. The van der Waals surface area contributed by atoms with E-state index in [0.717, 1.165) is 19.1 Å². The van der Waals surface area contributed by atoms with Crippen molar-refractivity contribution < 1.29 is 4.74 Å². The number of methoxy groups -OCH3 is 1. The summed E-state index contributed by atoms with van der Waals surface area (Å²) in [4.78, 5) is 0. The maximum absolute atomic E-state index is 4.94. The SMILES string of the molecule is COC[CH]CNCC1CCCCC1. The van der Waals surface area contributed by atoms with Crippen molar-refractivity contribution in [2.45, 2.75) is 32.1 Å². The first-order valence-corrected chi connectivity index (χ1v) is 5.45. The molecule has 0 aromatic carbocycles. The molecule has 1 aliphatic carbocycles. The average Bonchev–Trinajstić information content (AvgIpc) is 2.19. The fraction of sp³-hybridized carbons (Fsp3) is 0.909. The van der Waals surface area contributed by atoms with Crippen LogP contribution in [0.2, 0.25) is 0 Å². The van der Waals surface area contributed by atoms with Crippen LogP contribution in [-0.2, 0) is 4.74 Å². The molecule has 1 N–H and O–H groups in total. The van der Waals surface area contributed by atoms with Crippen LogP contribution in [0, 0.1) is 12.3 Å². The molecule has 0 spiro atoms. The highest BCUT2D eigenvalue weighted by Crippen LogP contribution is 2.22. The standard InChI is InChI=1S/C11H22NO/c1-13-9-5-8-12-10-11-6-3-2-4-7-11/h5,11-12H,2-4,6-10H2,1H3. The molecular formula is C11H22NO. The smallest absolute Gasteiger partial charge is 0.0506 e. The molecule has 0 heterocycles. The maximum atomic E-state index is 4.94. The molecular weight excluding hydrogens is 162 g/mol. The Hall–Kier alpha value is -0.0800. The minimum absolute atomic E-state index is 0.762. The lowest BCUT2D eigenvalue weighted by Gasteiger charge is -2.21. The second kappa shape index (κ2) is 7.34. The van der Waals surface area contributed by atoms with Gasteiger partial charge in [-0.2, -0.15) is 0 Å². The minimum atomic E-state index is 0.762. The summed E-state index contributed by atoms with van der Waals surface area (Å²) >= 11 is 0. The van der Waals surface area contributed by atoms with Gasteiger partial charge in [-0.15, -0.1) is 0 Å². The lowest BCUT2D eigenvalue weighted by Crippen LogP contribution is -2.26. The van der Waals surface area contributed by atoms with Crippen LogP contribution in [0.5, 0.6) is 0 Å². The fourth-order valence-corrected chi connectivity index (χ4v) is 1.96. The monoisotopic (exact) mass is 184 g/mol. The Balaban J connectivity index is 1.86. The lowest BCUT2D eigenvalue weighted by atomic mass is 9.89. The predicted octanol–water partition coefficient (Wildman–Crippen LogP) is 2.01. The van der Waals surface area contributed by atoms with Gasteiger partial charge in [0.15, 0.2) is 0 Å². The van der Waals surface area contributed by atoms with Crippen LogP contribution in [0.4, 0.5) is 0 Å². The molecule has 2 nitrogen and oxygen atoms in total. The van der Waals surface area contributed by atoms with Gasteiger partial charge in [-0.1, -0.05) is 19.3 Å². The van der Waals surface area contributed by atoms with E-state index in [1.54, 1.807) is 7.11 Å². The van der Waals surface area contributed by atoms with E-state index in [2.05, 4.69) is 11.7 Å². The average molecular weight is 184 g/mol. The van der Waals surface area contributed by atoms with E-state index < -0.39 is 0 Å². The summed E-state index contributed by atoms with van der Waals surface area (Å²) in [5.74, 6) is 0.935. The van der Waals surface area contributed by atoms with Crippen molar-refractivity contribution in [1.29, 1.82) is 0 Å². The highest BCUT2D eigenvalue weighted by Gasteiger charge is 2.11. The van der Waals surface area contributed by atoms with Gasteiger partial charge in [0.05, 0.1) is 6.61 Å². The van der Waals surface area contributed by atoms with Crippen LogP contribution in [0.25, 0.3) is 0 Å². The Morgan fingerprint density at radius 2 is 2.08 bits per heavy atom. The van der Waals surface area contributed by atoms with Crippen LogP contribution in [0.3, 0.4) is 0 Å². The van der Waals surface area contributed by atoms with E-state index in [1.807, 2.05) is 0 Å². The summed E-state index contributed by atoms with van der Waals surface area (Å²) in [5, 5.41) is 3.45. The molecule has 0 bridgehead atoms. The predicted molar refractivity (Wildman–Crippen MR) is 55.6 cm³/mol. The lowest BCUT2D eigenvalue weighted by molar-refractivity contribution is 0.220. The van der Waals surface area contributed by atoms with Crippen molar-refractivity contribution >= 4 is 0 Å². The van der Waals surface area contributed by atoms with Crippen molar-refractivity contribution in [2.75, 3.05) is 26.8 Å². The largest absolute Gasteiger partial charge is 0.384 e. The van der Waals surface area contributed by atoms with Gasteiger partial charge >= 0.3 is 0 Å². The van der Waals surface area contributed by atoms with E-state index in [9.17, 15) is 0 Å². The molecule has 0 aromatic rings. The third kappa shape index (κ3) is 5.27. The Morgan fingerprint density at radius 3 is 2.77 bits per heavy atom. The van der Waals surface area contributed by atoms with Gasteiger partial charge in [-0.25, -0.2) is 0 Å². The van der Waals surface area contributed by atoms with Gasteiger partial charge in [-0.05, 0) is 25.3 Å². The van der Waals surface area contributed by atoms with Gasteiger partial charge in [-0.3, -0.25) is 0 Å². The topological polar surface area (TPSA) is 21.3 Å². The molecule has 1 radical (unpaired) electrons. The van der Waals surface area contributed by atoms with E-state index in [0.29, 0.717) is 0 Å². The summed E-state index contributed by atoms with van der Waals surface area (Å²) in [5.41, 5.74) is 0. The van der Waals surface area contributed by atoms with E-state index >= 15 is 0 Å². The molecule has 1 rings (SSSR count). The molecule has 0 amide bonds. The molecule has 0 saturated heterocycles.